The highest BCUT2D eigenvalue weighted by atomic mass is 19.1. The number of pyridine rings is 1. The average molecular weight is 512 g/mol. The van der Waals surface area contributed by atoms with E-state index < -0.39 is 11.7 Å². The molecule has 1 amide bonds. The highest BCUT2D eigenvalue weighted by Gasteiger charge is 2.27. The number of nitrogens with two attached hydrogens (primary N) is 1. The summed E-state index contributed by atoms with van der Waals surface area (Å²) in [5.41, 5.74) is 9.67. The third kappa shape index (κ3) is 4.60. The van der Waals surface area contributed by atoms with E-state index in [1.54, 1.807) is 22.9 Å². The molecule has 0 bridgehead atoms. The first kappa shape index (κ1) is 24.1. The monoisotopic (exact) mass is 511 g/mol. The molecule has 9 heteroatoms. The van der Waals surface area contributed by atoms with Crippen LogP contribution in [0, 0.1) is 5.82 Å². The summed E-state index contributed by atoms with van der Waals surface area (Å²) < 4.78 is 17.1. The molecule has 2 fully saturated rings. The number of benzene rings is 1. The first-order chi connectivity index (χ1) is 18.5. The zero-order chi connectivity index (χ0) is 26.2. The summed E-state index contributed by atoms with van der Waals surface area (Å²) in [6.07, 6.45) is 11.9. The van der Waals surface area contributed by atoms with Gasteiger partial charge in [0.25, 0.3) is 5.91 Å². The van der Waals surface area contributed by atoms with Gasteiger partial charge in [0, 0.05) is 37.0 Å². The summed E-state index contributed by atoms with van der Waals surface area (Å²) in [6.45, 7) is 3.88. The number of fused-ring (bicyclic) bond motifs is 1. The van der Waals surface area contributed by atoms with Gasteiger partial charge in [-0.15, -0.1) is 0 Å². The van der Waals surface area contributed by atoms with Crippen LogP contribution >= 0.6 is 0 Å². The minimum absolute atomic E-state index is 0.0613. The average Bonchev–Trinajstić information content (AvgIpc) is 3.69. The van der Waals surface area contributed by atoms with Gasteiger partial charge >= 0.3 is 0 Å². The normalized spacial score (nSPS) is 17.8. The number of amides is 1. The maximum atomic E-state index is 15.3. The molecule has 6 rings (SSSR count). The van der Waals surface area contributed by atoms with Gasteiger partial charge in [0.05, 0.1) is 16.8 Å². The Balaban J connectivity index is 1.31. The quantitative estimate of drug-likeness (QED) is 0.362. The predicted molar refractivity (Wildman–Crippen MR) is 145 cm³/mol. The van der Waals surface area contributed by atoms with Crippen molar-refractivity contribution in [3.05, 3.63) is 83.7 Å². The summed E-state index contributed by atoms with van der Waals surface area (Å²) in [6, 6.07) is 10.2. The van der Waals surface area contributed by atoms with Crippen molar-refractivity contribution in [2.75, 3.05) is 24.1 Å². The molecule has 1 saturated carbocycles. The maximum Gasteiger partial charge on any atom is 0.259 e. The fourth-order valence-corrected chi connectivity index (χ4v) is 5.36. The van der Waals surface area contributed by atoms with E-state index in [-0.39, 0.29) is 17.4 Å². The molecule has 3 aromatic heterocycles. The molecule has 1 aliphatic carbocycles. The fourth-order valence-electron chi connectivity index (χ4n) is 5.36. The molecular weight excluding hydrogens is 481 g/mol. The topological polar surface area (TPSA) is 101 Å². The number of hydrogen-bond donors (Lipinski definition) is 2. The lowest BCUT2D eigenvalue weighted by molar-refractivity contribution is 0.102. The lowest BCUT2D eigenvalue weighted by Gasteiger charge is -2.31. The Bertz CT molecular complexity index is 1540. The number of rotatable bonds is 6. The van der Waals surface area contributed by atoms with E-state index in [9.17, 15) is 4.79 Å². The van der Waals surface area contributed by atoms with Gasteiger partial charge in [-0.2, -0.15) is 0 Å². The molecule has 8 nitrogen and oxygen atoms in total. The van der Waals surface area contributed by atoms with E-state index in [0.29, 0.717) is 23.1 Å². The van der Waals surface area contributed by atoms with Crippen LogP contribution in [-0.2, 0) is 0 Å². The van der Waals surface area contributed by atoms with E-state index in [0.717, 1.165) is 55.5 Å². The van der Waals surface area contributed by atoms with Gasteiger partial charge in [0.2, 0.25) is 5.95 Å². The Morgan fingerprint density at radius 2 is 1.95 bits per heavy atom. The molecule has 4 heterocycles. The number of halogens is 1. The van der Waals surface area contributed by atoms with Gasteiger partial charge in [-0.3, -0.25) is 9.20 Å². The van der Waals surface area contributed by atoms with Crippen molar-refractivity contribution in [3.63, 3.8) is 0 Å². The van der Waals surface area contributed by atoms with Crippen LogP contribution in [0.1, 0.15) is 66.1 Å². The van der Waals surface area contributed by atoms with Crippen LogP contribution in [0.5, 0.6) is 0 Å². The molecule has 1 atom stereocenters. The summed E-state index contributed by atoms with van der Waals surface area (Å²) in [5, 5.41) is 2.73. The molecule has 0 radical (unpaired) electrons. The second-order valence-corrected chi connectivity index (χ2v) is 10.1. The van der Waals surface area contributed by atoms with Crippen LogP contribution in [0.4, 0.5) is 16.2 Å². The van der Waals surface area contributed by atoms with Crippen LogP contribution in [0.3, 0.4) is 0 Å². The molecule has 194 valence electrons. The number of imidazole rings is 1. The molecule has 1 unspecified atom stereocenters. The number of nitrogen functional groups attached to an aromatic ring is 1. The van der Waals surface area contributed by atoms with Gasteiger partial charge in [0.15, 0.2) is 0 Å². The van der Waals surface area contributed by atoms with Gasteiger partial charge in [-0.05, 0) is 80.6 Å². The molecule has 0 spiro atoms. The standard InChI is InChI=1S/C29H30FN7O/c1-2-13-36-14-3-4-21(17-36)26-24-10-12-33-29(31)37(24)27(35-26)20-7-8-22(23(30)15-20)28(38)34-25-16-19(9-11-32-25)18-5-6-18/h2,7-13,15-16,18,21H,3-6,14,17H2,1H3,(H2,31,33)(H,32,34,38). The van der Waals surface area contributed by atoms with E-state index in [2.05, 4.69) is 26.4 Å². The van der Waals surface area contributed by atoms with Crippen molar-refractivity contribution < 1.29 is 9.18 Å². The van der Waals surface area contributed by atoms with E-state index in [4.69, 9.17) is 10.7 Å². The Labute approximate surface area is 220 Å². The zero-order valence-electron chi connectivity index (χ0n) is 21.3. The molecule has 1 aromatic carbocycles. The molecule has 4 aromatic rings. The van der Waals surface area contributed by atoms with Crippen molar-refractivity contribution in [3.8, 4) is 11.4 Å². The van der Waals surface area contributed by atoms with Crippen LogP contribution in [0.25, 0.3) is 16.9 Å². The molecule has 2 aliphatic rings. The third-order valence-electron chi connectivity index (χ3n) is 7.36. The van der Waals surface area contributed by atoms with E-state index in [1.807, 2.05) is 31.2 Å². The van der Waals surface area contributed by atoms with Crippen molar-refractivity contribution in [2.45, 2.75) is 44.4 Å². The first-order valence-corrected chi connectivity index (χ1v) is 13.1. The van der Waals surface area contributed by atoms with Crippen LogP contribution in [0.2, 0.25) is 0 Å². The van der Waals surface area contributed by atoms with Crippen LogP contribution in [0.15, 0.2) is 61.1 Å². The Morgan fingerprint density at radius 1 is 1.11 bits per heavy atom. The second kappa shape index (κ2) is 9.89. The molecular formula is C29H30FN7O. The smallest absolute Gasteiger partial charge is 0.259 e. The lowest BCUT2D eigenvalue weighted by atomic mass is 9.94. The Hall–Kier alpha value is -4.27. The molecule has 1 saturated heterocycles. The second-order valence-electron chi connectivity index (χ2n) is 10.1. The number of hydrogen-bond acceptors (Lipinski definition) is 6. The Kier molecular flexibility index (Phi) is 6.27. The summed E-state index contributed by atoms with van der Waals surface area (Å²) in [5.74, 6) is 0.756. The van der Waals surface area contributed by atoms with Crippen molar-refractivity contribution in [1.29, 1.82) is 0 Å². The largest absolute Gasteiger partial charge is 0.377 e. The summed E-state index contributed by atoms with van der Waals surface area (Å²) in [7, 11) is 0. The molecule has 1 aliphatic heterocycles. The Morgan fingerprint density at radius 3 is 2.74 bits per heavy atom. The number of anilines is 2. The third-order valence-corrected chi connectivity index (χ3v) is 7.36. The predicted octanol–water partition coefficient (Wildman–Crippen LogP) is 5.36. The number of carbonyl (C=O) groups excluding carboxylic acids is 1. The van der Waals surface area contributed by atoms with Gasteiger partial charge in [0.1, 0.15) is 17.5 Å². The number of piperidine rings is 1. The lowest BCUT2D eigenvalue weighted by Crippen LogP contribution is -2.30. The highest BCUT2D eigenvalue weighted by molar-refractivity contribution is 6.04. The number of likely N-dealkylation sites (tertiary alicyclic amines) is 1. The van der Waals surface area contributed by atoms with Crippen molar-refractivity contribution in [1.82, 2.24) is 24.3 Å². The molecule has 38 heavy (non-hydrogen) atoms. The fraction of sp³-hybridized carbons (Fsp3) is 0.310. The van der Waals surface area contributed by atoms with Gasteiger partial charge in [-0.1, -0.05) is 12.1 Å². The van der Waals surface area contributed by atoms with Crippen LogP contribution < -0.4 is 11.1 Å². The van der Waals surface area contributed by atoms with Crippen molar-refractivity contribution >= 4 is 23.2 Å². The van der Waals surface area contributed by atoms with Gasteiger partial charge in [-0.25, -0.2) is 19.3 Å². The van der Waals surface area contributed by atoms with E-state index in [1.165, 1.54) is 12.1 Å². The number of allylic oxidation sites excluding steroid dienone is 1. The summed E-state index contributed by atoms with van der Waals surface area (Å²) >= 11 is 0. The van der Waals surface area contributed by atoms with Gasteiger partial charge < -0.3 is 16.0 Å². The first-order valence-electron chi connectivity index (χ1n) is 13.1. The number of nitrogens with zero attached hydrogens (tertiary/aromatic N) is 5. The summed E-state index contributed by atoms with van der Waals surface area (Å²) in [4.78, 5) is 28.6. The zero-order valence-corrected chi connectivity index (χ0v) is 21.3. The number of aromatic nitrogens is 4. The highest BCUT2D eigenvalue weighted by Crippen LogP contribution is 2.40. The van der Waals surface area contributed by atoms with E-state index >= 15 is 4.39 Å². The maximum absolute atomic E-state index is 15.3. The number of nitrogens with one attached hydrogen (secondary N) is 1. The minimum Gasteiger partial charge on any atom is -0.377 e. The van der Waals surface area contributed by atoms with Crippen LogP contribution in [-0.4, -0.2) is 43.2 Å². The molecule has 3 N–H and O–H groups in total. The SMILES string of the molecule is CC=CN1CCCC(c2nc(-c3ccc(C(=O)Nc4cc(C5CC5)ccn4)c(F)c3)n3c(N)nccc23)C1. The number of carbonyl (C=O) groups is 1. The minimum atomic E-state index is -0.643. The van der Waals surface area contributed by atoms with Crippen molar-refractivity contribution in [2.24, 2.45) is 0 Å².